The third-order valence-corrected chi connectivity index (χ3v) is 5.47. The number of amides is 2. The molecule has 1 aliphatic heterocycles. The number of amidine groups is 1. The number of nitriles is 1. The number of thioether (sulfide) groups is 1. The Morgan fingerprint density at radius 2 is 2.10 bits per heavy atom. The maximum absolute atomic E-state index is 12.6. The number of carbonyl (C=O) groups excluding carboxylic acids is 2. The highest BCUT2D eigenvalue weighted by molar-refractivity contribution is 8.15. The highest BCUT2D eigenvalue weighted by atomic mass is 32.2. The van der Waals surface area contributed by atoms with Crippen LogP contribution in [0.5, 0.6) is 5.75 Å². The molecule has 154 valence electrons. The Labute approximate surface area is 177 Å². The maximum Gasteiger partial charge on any atom is 0.271 e. The van der Waals surface area contributed by atoms with E-state index in [4.69, 9.17) is 9.26 Å². The van der Waals surface area contributed by atoms with E-state index in [0.717, 1.165) is 11.8 Å². The Hall–Kier alpha value is -3.45. The monoisotopic (exact) mass is 425 g/mol. The number of aliphatic imine (C=N–C) groups is 2. The van der Waals surface area contributed by atoms with Gasteiger partial charge in [0, 0.05) is 6.07 Å². The topological polar surface area (TPSA) is 130 Å². The number of methoxy groups -OCH3 is 1. The number of nitrogens with one attached hydrogen (secondary N) is 1. The van der Waals surface area contributed by atoms with Crippen LogP contribution in [0, 0.1) is 24.2 Å². The minimum Gasteiger partial charge on any atom is -0.497 e. The number of hydrogen-bond donors (Lipinski definition) is 1. The van der Waals surface area contributed by atoms with Crippen molar-refractivity contribution in [2.24, 2.45) is 15.9 Å². The lowest BCUT2D eigenvalue weighted by atomic mass is 9.96. The maximum atomic E-state index is 12.6. The lowest BCUT2D eigenvalue weighted by molar-refractivity contribution is -0.118. The lowest BCUT2D eigenvalue weighted by Crippen LogP contribution is -2.30. The molecule has 0 fully saturated rings. The summed E-state index contributed by atoms with van der Waals surface area (Å²) in [6.45, 7) is 3.56. The van der Waals surface area contributed by atoms with Gasteiger partial charge in [0.1, 0.15) is 11.5 Å². The van der Waals surface area contributed by atoms with E-state index in [-0.39, 0.29) is 11.1 Å². The quantitative estimate of drug-likeness (QED) is 0.753. The molecule has 0 aliphatic carbocycles. The fourth-order valence-corrected chi connectivity index (χ4v) is 3.59. The van der Waals surface area contributed by atoms with Crippen molar-refractivity contribution in [3.63, 3.8) is 0 Å². The molecule has 9 nitrogen and oxygen atoms in total. The number of carbonyl (C=O) groups is 2. The van der Waals surface area contributed by atoms with Gasteiger partial charge in [-0.15, -0.1) is 0 Å². The first-order valence-electron chi connectivity index (χ1n) is 9.11. The Bertz CT molecular complexity index is 1050. The highest BCUT2D eigenvalue weighted by Gasteiger charge is 2.32. The van der Waals surface area contributed by atoms with Gasteiger partial charge in [0.25, 0.3) is 5.91 Å². The van der Waals surface area contributed by atoms with Gasteiger partial charge in [-0.05, 0) is 43.2 Å². The molecule has 30 heavy (non-hydrogen) atoms. The zero-order valence-electron chi connectivity index (χ0n) is 16.6. The molecular formula is C20H19N5O4S. The summed E-state index contributed by atoms with van der Waals surface area (Å²) in [5.41, 5.74) is 0.907. The first-order valence-corrected chi connectivity index (χ1v) is 9.99. The first kappa shape index (κ1) is 21.3. The van der Waals surface area contributed by atoms with Crippen LogP contribution in [0.3, 0.4) is 0 Å². The van der Waals surface area contributed by atoms with E-state index in [1.165, 1.54) is 0 Å². The van der Waals surface area contributed by atoms with Gasteiger partial charge in [0.05, 0.1) is 24.1 Å². The standard InChI is InChI=1S/C20H19N5O4S/c1-4-15(19(27)22-16-9-11(2)29-25-16)30-20-23-17(14(10-21)18(26)24-20)12-5-7-13(28-3)8-6-12/h5-9,14-15H,4H2,1-3H3,(H,22,25,27). The predicted octanol–water partition coefficient (Wildman–Crippen LogP) is 2.97. The number of benzene rings is 1. The summed E-state index contributed by atoms with van der Waals surface area (Å²) in [5, 5.41) is 15.4. The van der Waals surface area contributed by atoms with Crippen molar-refractivity contribution in [1.29, 1.82) is 5.26 Å². The van der Waals surface area contributed by atoms with Gasteiger partial charge >= 0.3 is 0 Å². The molecule has 0 bridgehead atoms. The number of ether oxygens (including phenoxy) is 1. The molecule has 0 saturated heterocycles. The molecule has 2 amide bonds. The fourth-order valence-electron chi connectivity index (χ4n) is 2.71. The van der Waals surface area contributed by atoms with Crippen LogP contribution in [-0.2, 0) is 9.59 Å². The molecule has 1 aliphatic rings. The van der Waals surface area contributed by atoms with Crippen molar-refractivity contribution < 1.29 is 18.8 Å². The second-order valence-corrected chi connectivity index (χ2v) is 7.52. The number of aryl methyl sites for hydroxylation is 1. The van der Waals surface area contributed by atoms with E-state index >= 15 is 0 Å². The Morgan fingerprint density at radius 3 is 2.67 bits per heavy atom. The van der Waals surface area contributed by atoms with Crippen molar-refractivity contribution >= 4 is 40.3 Å². The van der Waals surface area contributed by atoms with Crippen LogP contribution in [0.4, 0.5) is 5.82 Å². The second kappa shape index (κ2) is 9.37. The summed E-state index contributed by atoms with van der Waals surface area (Å²) in [4.78, 5) is 33.3. The average molecular weight is 425 g/mol. The van der Waals surface area contributed by atoms with Gasteiger partial charge in [0.15, 0.2) is 16.9 Å². The SMILES string of the molecule is CCC(SC1=NC(=O)C(C#N)C(c2ccc(OC)cc2)=N1)C(=O)Nc1cc(C)on1. The van der Waals surface area contributed by atoms with Gasteiger partial charge < -0.3 is 14.6 Å². The minimum absolute atomic E-state index is 0.135. The highest BCUT2D eigenvalue weighted by Crippen LogP contribution is 2.26. The molecule has 10 heteroatoms. The van der Waals surface area contributed by atoms with E-state index in [2.05, 4.69) is 20.5 Å². The van der Waals surface area contributed by atoms with E-state index in [1.54, 1.807) is 44.4 Å². The molecule has 2 heterocycles. The van der Waals surface area contributed by atoms with Crippen LogP contribution in [0.25, 0.3) is 0 Å². The smallest absolute Gasteiger partial charge is 0.271 e. The molecule has 0 saturated carbocycles. The molecular weight excluding hydrogens is 406 g/mol. The van der Waals surface area contributed by atoms with Crippen molar-refractivity contribution in [1.82, 2.24) is 5.16 Å². The molecule has 1 aromatic carbocycles. The summed E-state index contributed by atoms with van der Waals surface area (Å²) in [6, 6.07) is 10.4. The number of anilines is 1. The minimum atomic E-state index is -1.10. The summed E-state index contributed by atoms with van der Waals surface area (Å²) < 4.78 is 10.1. The van der Waals surface area contributed by atoms with Crippen molar-refractivity contribution in [2.75, 3.05) is 12.4 Å². The van der Waals surface area contributed by atoms with E-state index in [9.17, 15) is 14.9 Å². The molecule has 0 radical (unpaired) electrons. The Kier molecular flexibility index (Phi) is 6.64. The summed E-state index contributed by atoms with van der Waals surface area (Å²) in [5.74, 6) is -0.494. The fraction of sp³-hybridized carbons (Fsp3) is 0.300. The van der Waals surface area contributed by atoms with E-state index in [1.807, 2.05) is 13.0 Å². The molecule has 1 N–H and O–H groups in total. The van der Waals surface area contributed by atoms with Crippen LogP contribution in [0.1, 0.15) is 24.7 Å². The Morgan fingerprint density at radius 1 is 1.37 bits per heavy atom. The third-order valence-electron chi connectivity index (χ3n) is 4.25. The van der Waals surface area contributed by atoms with Crippen molar-refractivity contribution in [2.45, 2.75) is 25.5 Å². The van der Waals surface area contributed by atoms with Crippen molar-refractivity contribution in [3.8, 4) is 11.8 Å². The van der Waals surface area contributed by atoms with Crippen molar-refractivity contribution in [3.05, 3.63) is 41.7 Å². The van der Waals surface area contributed by atoms with Crippen LogP contribution in [-0.4, -0.2) is 40.2 Å². The lowest BCUT2D eigenvalue weighted by Gasteiger charge is -2.18. The number of rotatable bonds is 6. The molecule has 2 unspecified atom stereocenters. The summed E-state index contributed by atoms with van der Waals surface area (Å²) in [6.07, 6.45) is 0.468. The molecule has 2 atom stereocenters. The zero-order valence-corrected chi connectivity index (χ0v) is 17.4. The van der Waals surface area contributed by atoms with Gasteiger partial charge in [-0.3, -0.25) is 9.59 Å². The average Bonchev–Trinajstić information content (AvgIpc) is 3.16. The van der Waals surface area contributed by atoms with Gasteiger partial charge in [-0.2, -0.15) is 10.3 Å². The molecule has 2 aromatic rings. The molecule has 1 aromatic heterocycles. The van der Waals surface area contributed by atoms with Crippen LogP contribution in [0.2, 0.25) is 0 Å². The van der Waals surface area contributed by atoms with Gasteiger partial charge in [0.2, 0.25) is 5.91 Å². The Balaban J connectivity index is 1.82. The van der Waals surface area contributed by atoms with E-state index < -0.39 is 17.1 Å². The van der Waals surface area contributed by atoms with E-state index in [0.29, 0.717) is 35.0 Å². The second-order valence-electron chi connectivity index (χ2n) is 6.35. The third kappa shape index (κ3) is 4.75. The molecule has 0 spiro atoms. The largest absolute Gasteiger partial charge is 0.497 e. The molecule has 3 rings (SSSR count). The summed E-state index contributed by atoms with van der Waals surface area (Å²) in [7, 11) is 1.55. The number of hydrogen-bond acceptors (Lipinski definition) is 8. The predicted molar refractivity (Wildman–Crippen MR) is 113 cm³/mol. The van der Waals surface area contributed by atoms with Crippen LogP contribution in [0.15, 0.2) is 44.8 Å². The van der Waals surface area contributed by atoms with Crippen LogP contribution < -0.4 is 10.1 Å². The summed E-state index contributed by atoms with van der Waals surface area (Å²) >= 11 is 1.06. The van der Waals surface area contributed by atoms with Crippen LogP contribution >= 0.6 is 11.8 Å². The first-order chi connectivity index (χ1) is 14.4. The van der Waals surface area contributed by atoms with Gasteiger partial charge in [-0.1, -0.05) is 23.8 Å². The van der Waals surface area contributed by atoms with Gasteiger partial charge in [-0.25, -0.2) is 4.99 Å². The number of nitrogens with zero attached hydrogens (tertiary/aromatic N) is 4. The number of aromatic nitrogens is 1. The zero-order chi connectivity index (χ0) is 21.7. The normalized spacial score (nSPS) is 16.9.